The van der Waals surface area contributed by atoms with Crippen molar-refractivity contribution in [3.8, 4) is 5.88 Å². The molecule has 0 bridgehead atoms. The Labute approximate surface area is 119 Å². The fourth-order valence-corrected chi connectivity index (χ4v) is 1.76. The Kier molecular flexibility index (Phi) is 4.19. The predicted molar refractivity (Wildman–Crippen MR) is 80.1 cm³/mol. The molecule has 2 aromatic rings. The number of nitrogen functional groups attached to an aromatic ring is 1. The molecule has 0 aliphatic carbocycles. The molecule has 5 nitrogen and oxygen atoms in total. The summed E-state index contributed by atoms with van der Waals surface area (Å²) in [5.41, 5.74) is 7.27. The summed E-state index contributed by atoms with van der Waals surface area (Å²) in [7, 11) is 0. The molecule has 6 heteroatoms. The summed E-state index contributed by atoms with van der Waals surface area (Å²) in [5, 5.41) is 3.14. The number of nitrogens with zero attached hydrogens (tertiary/aromatic N) is 2. The van der Waals surface area contributed by atoms with E-state index in [2.05, 4.69) is 37.9 Å². The lowest BCUT2D eigenvalue weighted by atomic mass is 10.3. The van der Waals surface area contributed by atoms with Crippen molar-refractivity contribution >= 4 is 39.8 Å². The number of ether oxygens (including phenoxy) is 1. The maximum absolute atomic E-state index is 5.93. The lowest BCUT2D eigenvalue weighted by Gasteiger charge is -2.10. The standard InChI is InChI=1S/C12H13IN4O/c1-2-18-12-10(14)11(15-7-16-12)17-9-5-3-8(13)4-6-9/h3-7H,2,14H2,1H3,(H,15,16,17). The van der Waals surface area contributed by atoms with Gasteiger partial charge < -0.3 is 15.8 Å². The quantitative estimate of drug-likeness (QED) is 0.825. The molecule has 0 unspecified atom stereocenters. The molecule has 0 aliphatic heterocycles. The largest absolute Gasteiger partial charge is 0.476 e. The normalized spacial score (nSPS) is 10.1. The first-order chi connectivity index (χ1) is 8.70. The van der Waals surface area contributed by atoms with Crippen LogP contribution in [0, 0.1) is 3.57 Å². The van der Waals surface area contributed by atoms with E-state index in [9.17, 15) is 0 Å². The summed E-state index contributed by atoms with van der Waals surface area (Å²) in [4.78, 5) is 8.09. The predicted octanol–water partition coefficient (Wildman–Crippen LogP) is 2.81. The lowest BCUT2D eigenvalue weighted by molar-refractivity contribution is 0.328. The highest BCUT2D eigenvalue weighted by atomic mass is 127. The van der Waals surface area contributed by atoms with E-state index in [1.807, 2.05) is 31.2 Å². The van der Waals surface area contributed by atoms with Crippen molar-refractivity contribution in [2.75, 3.05) is 17.7 Å². The molecule has 0 radical (unpaired) electrons. The number of halogens is 1. The summed E-state index contributed by atoms with van der Waals surface area (Å²) in [6, 6.07) is 7.93. The van der Waals surface area contributed by atoms with Crippen molar-refractivity contribution in [3.63, 3.8) is 0 Å². The van der Waals surface area contributed by atoms with E-state index in [0.717, 1.165) is 5.69 Å². The molecule has 0 fully saturated rings. The molecule has 2 rings (SSSR count). The molecular formula is C12H13IN4O. The Balaban J connectivity index is 2.23. The fourth-order valence-electron chi connectivity index (χ4n) is 1.40. The zero-order chi connectivity index (χ0) is 13.0. The molecule has 0 saturated carbocycles. The van der Waals surface area contributed by atoms with Crippen molar-refractivity contribution in [1.29, 1.82) is 0 Å². The summed E-state index contributed by atoms with van der Waals surface area (Å²) >= 11 is 2.25. The molecule has 0 amide bonds. The van der Waals surface area contributed by atoms with E-state index in [1.54, 1.807) is 0 Å². The minimum atomic E-state index is 0.403. The van der Waals surface area contributed by atoms with Crippen LogP contribution in [0.2, 0.25) is 0 Å². The molecule has 0 atom stereocenters. The van der Waals surface area contributed by atoms with Gasteiger partial charge in [0.1, 0.15) is 12.0 Å². The highest BCUT2D eigenvalue weighted by Gasteiger charge is 2.08. The molecule has 0 saturated heterocycles. The van der Waals surface area contributed by atoms with Crippen LogP contribution in [0.5, 0.6) is 5.88 Å². The zero-order valence-corrected chi connectivity index (χ0v) is 12.0. The van der Waals surface area contributed by atoms with Crippen molar-refractivity contribution < 1.29 is 4.74 Å². The van der Waals surface area contributed by atoms with Gasteiger partial charge in [-0.05, 0) is 53.8 Å². The summed E-state index contributed by atoms with van der Waals surface area (Å²) in [6.07, 6.45) is 1.43. The fraction of sp³-hybridized carbons (Fsp3) is 0.167. The van der Waals surface area contributed by atoms with Gasteiger partial charge in [-0.3, -0.25) is 0 Å². The maximum atomic E-state index is 5.93. The van der Waals surface area contributed by atoms with E-state index in [0.29, 0.717) is 24.0 Å². The van der Waals surface area contributed by atoms with Crippen LogP contribution in [0.3, 0.4) is 0 Å². The van der Waals surface area contributed by atoms with E-state index in [4.69, 9.17) is 10.5 Å². The second kappa shape index (κ2) is 5.85. The Bertz CT molecular complexity index is 530. The van der Waals surface area contributed by atoms with Gasteiger partial charge in [-0.1, -0.05) is 0 Å². The van der Waals surface area contributed by atoms with Gasteiger partial charge in [-0.25, -0.2) is 4.98 Å². The van der Waals surface area contributed by atoms with E-state index >= 15 is 0 Å². The van der Waals surface area contributed by atoms with Crippen LogP contribution in [0.15, 0.2) is 30.6 Å². The zero-order valence-electron chi connectivity index (χ0n) is 9.85. The first kappa shape index (κ1) is 12.9. The van der Waals surface area contributed by atoms with Crippen molar-refractivity contribution in [2.24, 2.45) is 0 Å². The third-order valence-corrected chi connectivity index (χ3v) is 2.95. The lowest BCUT2D eigenvalue weighted by Crippen LogP contribution is -2.04. The van der Waals surface area contributed by atoms with Gasteiger partial charge in [0, 0.05) is 9.26 Å². The van der Waals surface area contributed by atoms with Crippen LogP contribution in [-0.4, -0.2) is 16.6 Å². The Hall–Kier alpha value is -1.57. The van der Waals surface area contributed by atoms with Crippen LogP contribution in [0.4, 0.5) is 17.2 Å². The Morgan fingerprint density at radius 2 is 2.00 bits per heavy atom. The average molecular weight is 356 g/mol. The SMILES string of the molecule is CCOc1ncnc(Nc2ccc(I)cc2)c1N. The summed E-state index contributed by atoms with van der Waals surface area (Å²) in [5.74, 6) is 0.954. The highest BCUT2D eigenvalue weighted by molar-refractivity contribution is 14.1. The summed E-state index contributed by atoms with van der Waals surface area (Å²) < 4.78 is 6.49. The topological polar surface area (TPSA) is 73.1 Å². The second-order valence-corrected chi connectivity index (χ2v) is 4.75. The first-order valence-corrected chi connectivity index (χ1v) is 6.54. The number of aromatic nitrogens is 2. The first-order valence-electron chi connectivity index (χ1n) is 5.46. The third kappa shape index (κ3) is 3.00. The Morgan fingerprint density at radius 3 is 2.67 bits per heavy atom. The van der Waals surface area contributed by atoms with E-state index in [-0.39, 0.29) is 0 Å². The molecule has 0 spiro atoms. The second-order valence-electron chi connectivity index (χ2n) is 3.51. The molecule has 1 aromatic heterocycles. The van der Waals surface area contributed by atoms with Crippen molar-refractivity contribution in [1.82, 2.24) is 9.97 Å². The number of nitrogens with two attached hydrogens (primary N) is 1. The molecule has 1 heterocycles. The average Bonchev–Trinajstić information content (AvgIpc) is 2.37. The monoisotopic (exact) mass is 356 g/mol. The number of rotatable bonds is 4. The van der Waals surface area contributed by atoms with Gasteiger partial charge >= 0.3 is 0 Å². The minimum Gasteiger partial charge on any atom is -0.476 e. The maximum Gasteiger partial charge on any atom is 0.242 e. The number of anilines is 3. The van der Waals surface area contributed by atoms with Gasteiger partial charge in [0.15, 0.2) is 5.82 Å². The van der Waals surface area contributed by atoms with E-state index in [1.165, 1.54) is 9.90 Å². The van der Waals surface area contributed by atoms with Crippen molar-refractivity contribution in [3.05, 3.63) is 34.2 Å². The number of hydrogen-bond acceptors (Lipinski definition) is 5. The van der Waals surface area contributed by atoms with Gasteiger partial charge in [0.05, 0.1) is 6.61 Å². The minimum absolute atomic E-state index is 0.403. The van der Waals surface area contributed by atoms with E-state index < -0.39 is 0 Å². The van der Waals surface area contributed by atoms with Crippen LogP contribution >= 0.6 is 22.6 Å². The molecule has 3 N–H and O–H groups in total. The van der Waals surface area contributed by atoms with Gasteiger partial charge in [-0.15, -0.1) is 0 Å². The van der Waals surface area contributed by atoms with Gasteiger partial charge in [-0.2, -0.15) is 4.98 Å². The van der Waals surface area contributed by atoms with Gasteiger partial charge in [0.25, 0.3) is 0 Å². The van der Waals surface area contributed by atoms with Crippen LogP contribution < -0.4 is 15.8 Å². The van der Waals surface area contributed by atoms with Crippen LogP contribution in [0.1, 0.15) is 6.92 Å². The van der Waals surface area contributed by atoms with Crippen LogP contribution in [0.25, 0.3) is 0 Å². The number of nitrogens with one attached hydrogen (secondary N) is 1. The molecule has 1 aromatic carbocycles. The number of benzene rings is 1. The molecule has 0 aliphatic rings. The molecule has 94 valence electrons. The van der Waals surface area contributed by atoms with Crippen molar-refractivity contribution in [2.45, 2.75) is 6.92 Å². The highest BCUT2D eigenvalue weighted by Crippen LogP contribution is 2.27. The number of hydrogen-bond donors (Lipinski definition) is 2. The Morgan fingerprint density at radius 1 is 1.28 bits per heavy atom. The summed E-state index contributed by atoms with van der Waals surface area (Å²) in [6.45, 7) is 2.40. The smallest absolute Gasteiger partial charge is 0.242 e. The van der Waals surface area contributed by atoms with Gasteiger partial charge in [0.2, 0.25) is 5.88 Å². The van der Waals surface area contributed by atoms with Crippen LogP contribution in [-0.2, 0) is 0 Å². The molecule has 18 heavy (non-hydrogen) atoms. The third-order valence-electron chi connectivity index (χ3n) is 2.24. The molecular weight excluding hydrogens is 343 g/mol.